The quantitative estimate of drug-likeness (QED) is 0.907. The van der Waals surface area contributed by atoms with Crippen LogP contribution >= 0.6 is 0 Å². The molecule has 0 aliphatic carbocycles. The highest BCUT2D eigenvalue weighted by molar-refractivity contribution is 5.96. The molecule has 0 bridgehead atoms. The maximum Gasteiger partial charge on any atom is 0.257 e. The Morgan fingerprint density at radius 1 is 1.24 bits per heavy atom. The lowest BCUT2D eigenvalue weighted by atomic mass is 9.97. The summed E-state index contributed by atoms with van der Waals surface area (Å²) in [4.78, 5) is 14.9. The number of furan rings is 1. The first-order valence-corrected chi connectivity index (χ1v) is 8.11. The zero-order chi connectivity index (χ0) is 15.4. The van der Waals surface area contributed by atoms with Gasteiger partial charge >= 0.3 is 0 Å². The summed E-state index contributed by atoms with van der Waals surface area (Å²) in [7, 11) is 0. The van der Waals surface area contributed by atoms with Crippen molar-refractivity contribution in [3.05, 3.63) is 22.6 Å². The molecule has 21 heavy (non-hydrogen) atoms. The summed E-state index contributed by atoms with van der Waals surface area (Å²) in [6, 6.07) is 0. The third-order valence-corrected chi connectivity index (χ3v) is 4.49. The van der Waals surface area contributed by atoms with Gasteiger partial charge in [0.05, 0.1) is 5.56 Å². The number of carbonyl (C=O) groups is 1. The van der Waals surface area contributed by atoms with Crippen LogP contribution in [0.3, 0.4) is 0 Å². The van der Waals surface area contributed by atoms with Crippen molar-refractivity contribution in [2.45, 2.75) is 47.0 Å². The summed E-state index contributed by atoms with van der Waals surface area (Å²) in [6.45, 7) is 11.8. The van der Waals surface area contributed by atoms with Crippen molar-refractivity contribution in [3.63, 3.8) is 0 Å². The Labute approximate surface area is 127 Å². The molecule has 0 saturated carbocycles. The highest BCUT2D eigenvalue weighted by atomic mass is 16.3. The molecule has 4 nitrogen and oxygen atoms in total. The van der Waals surface area contributed by atoms with Crippen LogP contribution in [0, 0.1) is 26.7 Å². The molecule has 0 spiro atoms. The number of hydrogen-bond acceptors (Lipinski definition) is 3. The van der Waals surface area contributed by atoms with Gasteiger partial charge in [-0.1, -0.05) is 6.92 Å². The molecule has 1 amide bonds. The van der Waals surface area contributed by atoms with Gasteiger partial charge in [-0.15, -0.1) is 0 Å². The third kappa shape index (κ3) is 3.67. The third-order valence-electron chi connectivity index (χ3n) is 4.49. The Morgan fingerprint density at radius 3 is 2.43 bits per heavy atom. The Morgan fingerprint density at radius 2 is 1.90 bits per heavy atom. The van der Waals surface area contributed by atoms with E-state index in [4.69, 9.17) is 4.42 Å². The highest BCUT2D eigenvalue weighted by Crippen LogP contribution is 2.24. The molecule has 0 aromatic carbocycles. The highest BCUT2D eigenvalue weighted by Gasteiger charge is 2.26. The molecule has 1 N–H and O–H groups in total. The van der Waals surface area contributed by atoms with Crippen LogP contribution in [-0.4, -0.2) is 37.0 Å². The largest absolute Gasteiger partial charge is 0.466 e. The van der Waals surface area contributed by atoms with Gasteiger partial charge in [0.25, 0.3) is 5.91 Å². The number of nitrogens with zero attached hydrogens (tertiary/aromatic N) is 1. The van der Waals surface area contributed by atoms with Crippen molar-refractivity contribution in [3.8, 4) is 0 Å². The molecular weight excluding hydrogens is 264 g/mol. The zero-order valence-electron chi connectivity index (χ0n) is 13.8. The molecule has 1 fully saturated rings. The van der Waals surface area contributed by atoms with E-state index in [1.54, 1.807) is 0 Å². The fraction of sp³-hybridized carbons (Fsp3) is 0.706. The number of nitrogens with one attached hydrogen (secondary N) is 1. The molecule has 0 unspecified atom stereocenters. The molecule has 1 aliphatic rings. The summed E-state index contributed by atoms with van der Waals surface area (Å²) in [5, 5.41) is 3.38. The van der Waals surface area contributed by atoms with E-state index in [2.05, 4.69) is 12.2 Å². The van der Waals surface area contributed by atoms with E-state index in [-0.39, 0.29) is 5.91 Å². The van der Waals surface area contributed by atoms with Gasteiger partial charge in [0.2, 0.25) is 0 Å². The van der Waals surface area contributed by atoms with E-state index < -0.39 is 0 Å². The van der Waals surface area contributed by atoms with Crippen LogP contribution in [0.15, 0.2) is 4.42 Å². The SMILES string of the molecule is CCCN(CC1CCNCC1)C(=O)c1c(C)oc(C)c1C. The number of aryl methyl sites for hydroxylation is 2. The molecular formula is C17H28N2O2. The standard InChI is InChI=1S/C17H28N2O2/c1-5-10-19(11-15-6-8-18-9-7-15)17(20)16-12(2)13(3)21-14(16)4/h15,18H,5-11H2,1-4H3. The average molecular weight is 292 g/mol. The van der Waals surface area contributed by atoms with Crippen molar-refractivity contribution in [2.75, 3.05) is 26.2 Å². The predicted octanol–water partition coefficient (Wildman–Crippen LogP) is 3.06. The van der Waals surface area contributed by atoms with Crippen LogP contribution in [0.4, 0.5) is 0 Å². The minimum Gasteiger partial charge on any atom is -0.466 e. The van der Waals surface area contributed by atoms with Crippen molar-refractivity contribution in [1.29, 1.82) is 0 Å². The van der Waals surface area contributed by atoms with Crippen LogP contribution in [0.5, 0.6) is 0 Å². The minimum absolute atomic E-state index is 0.141. The molecule has 1 aromatic rings. The lowest BCUT2D eigenvalue weighted by Gasteiger charge is -2.30. The molecule has 118 valence electrons. The fourth-order valence-corrected chi connectivity index (χ4v) is 3.19. The summed E-state index contributed by atoms with van der Waals surface area (Å²) in [5.74, 6) is 2.37. The molecule has 0 radical (unpaired) electrons. The number of hydrogen-bond donors (Lipinski definition) is 1. The van der Waals surface area contributed by atoms with E-state index in [1.807, 2.05) is 25.7 Å². The topological polar surface area (TPSA) is 45.5 Å². The van der Waals surface area contributed by atoms with E-state index in [0.717, 1.165) is 68.1 Å². The van der Waals surface area contributed by atoms with Gasteiger partial charge in [0, 0.05) is 18.7 Å². The number of amides is 1. The Bertz CT molecular complexity index is 487. The van der Waals surface area contributed by atoms with Crippen molar-refractivity contribution in [1.82, 2.24) is 10.2 Å². The molecule has 2 rings (SSSR count). The van der Waals surface area contributed by atoms with Gasteiger partial charge in [-0.3, -0.25) is 4.79 Å². The first-order chi connectivity index (χ1) is 10.0. The van der Waals surface area contributed by atoms with Gasteiger partial charge in [-0.2, -0.15) is 0 Å². The maximum absolute atomic E-state index is 12.9. The number of rotatable bonds is 5. The van der Waals surface area contributed by atoms with Crippen LogP contribution in [0.1, 0.15) is 53.6 Å². The summed E-state index contributed by atoms with van der Waals surface area (Å²) in [5.41, 5.74) is 1.76. The monoisotopic (exact) mass is 292 g/mol. The Hall–Kier alpha value is -1.29. The van der Waals surface area contributed by atoms with Crippen LogP contribution in [-0.2, 0) is 0 Å². The van der Waals surface area contributed by atoms with Crippen LogP contribution in [0.2, 0.25) is 0 Å². The van der Waals surface area contributed by atoms with E-state index in [9.17, 15) is 4.79 Å². The van der Waals surface area contributed by atoms with Gasteiger partial charge in [0.15, 0.2) is 0 Å². The predicted molar refractivity (Wildman–Crippen MR) is 84.7 cm³/mol. The fourth-order valence-electron chi connectivity index (χ4n) is 3.19. The van der Waals surface area contributed by atoms with Crippen molar-refractivity contribution in [2.24, 2.45) is 5.92 Å². The summed E-state index contributed by atoms with van der Waals surface area (Å²) < 4.78 is 5.63. The Balaban J connectivity index is 2.14. The molecule has 1 aromatic heterocycles. The van der Waals surface area contributed by atoms with Gasteiger partial charge < -0.3 is 14.6 Å². The summed E-state index contributed by atoms with van der Waals surface area (Å²) in [6.07, 6.45) is 3.32. The lowest BCUT2D eigenvalue weighted by Crippen LogP contribution is -2.40. The molecule has 1 saturated heterocycles. The van der Waals surface area contributed by atoms with Crippen molar-refractivity contribution < 1.29 is 9.21 Å². The van der Waals surface area contributed by atoms with Crippen LogP contribution < -0.4 is 5.32 Å². The maximum atomic E-state index is 12.9. The Kier molecular flexibility index (Phi) is 5.45. The second kappa shape index (κ2) is 7.12. The second-order valence-electron chi connectivity index (χ2n) is 6.16. The molecule has 4 heteroatoms. The zero-order valence-corrected chi connectivity index (χ0v) is 13.8. The molecule has 0 atom stereocenters. The first kappa shape index (κ1) is 16.1. The van der Waals surface area contributed by atoms with Crippen molar-refractivity contribution >= 4 is 5.91 Å². The van der Waals surface area contributed by atoms with Gasteiger partial charge in [-0.05, 0) is 59.0 Å². The van der Waals surface area contributed by atoms with Gasteiger partial charge in [0.1, 0.15) is 11.5 Å². The first-order valence-electron chi connectivity index (χ1n) is 8.11. The average Bonchev–Trinajstić information content (AvgIpc) is 2.72. The number of piperidine rings is 1. The van der Waals surface area contributed by atoms with E-state index >= 15 is 0 Å². The minimum atomic E-state index is 0.141. The van der Waals surface area contributed by atoms with E-state index in [0.29, 0.717) is 5.92 Å². The number of carbonyl (C=O) groups excluding carboxylic acids is 1. The van der Waals surface area contributed by atoms with Crippen LogP contribution in [0.25, 0.3) is 0 Å². The normalized spacial score (nSPS) is 16.2. The lowest BCUT2D eigenvalue weighted by molar-refractivity contribution is 0.0714. The smallest absolute Gasteiger partial charge is 0.257 e. The second-order valence-corrected chi connectivity index (χ2v) is 6.16. The van der Waals surface area contributed by atoms with Gasteiger partial charge in [-0.25, -0.2) is 0 Å². The molecule has 2 heterocycles. The summed E-state index contributed by atoms with van der Waals surface area (Å²) >= 11 is 0. The molecule has 1 aliphatic heterocycles. The van der Waals surface area contributed by atoms with E-state index in [1.165, 1.54) is 0 Å².